The van der Waals surface area contributed by atoms with E-state index in [9.17, 15) is 9.59 Å². The number of aliphatic carboxylic acids is 1. The van der Waals surface area contributed by atoms with Gasteiger partial charge in [-0.05, 0) is 43.3 Å². The van der Waals surface area contributed by atoms with E-state index in [4.69, 9.17) is 9.84 Å². The number of carbonyl (C=O) groups is 1. The molecule has 7 heteroatoms. The summed E-state index contributed by atoms with van der Waals surface area (Å²) < 4.78 is 5.24. The van der Waals surface area contributed by atoms with Gasteiger partial charge >= 0.3 is 10.8 Å². The average molecular weight is 322 g/mol. The third-order valence-electron chi connectivity index (χ3n) is 3.22. The number of carboxylic acid groups (broad SMARTS) is 1. The number of nitrogens with zero attached hydrogens (tertiary/aromatic N) is 1. The summed E-state index contributed by atoms with van der Waals surface area (Å²) in [6, 6.07) is 5.67. The van der Waals surface area contributed by atoms with Crippen molar-refractivity contribution < 1.29 is 14.6 Å². The summed E-state index contributed by atoms with van der Waals surface area (Å²) in [6.45, 7) is 2.26. The highest BCUT2D eigenvalue weighted by atomic mass is 32.1. The largest absolute Gasteiger partial charge is 0.496 e. The highest BCUT2D eigenvalue weighted by Crippen LogP contribution is 2.28. The van der Waals surface area contributed by atoms with Crippen molar-refractivity contribution in [1.82, 2.24) is 9.88 Å². The molecule has 0 bridgehead atoms. The van der Waals surface area contributed by atoms with Gasteiger partial charge in [0.25, 0.3) is 0 Å². The molecular weight excluding hydrogens is 304 g/mol. The number of aromatic nitrogens is 1. The number of aryl methyl sites for hydroxylation is 1. The fourth-order valence-electron chi connectivity index (χ4n) is 2.27. The Morgan fingerprint density at radius 3 is 2.77 bits per heavy atom. The molecule has 1 aromatic heterocycles. The van der Waals surface area contributed by atoms with E-state index in [1.807, 2.05) is 25.1 Å². The van der Waals surface area contributed by atoms with E-state index < -0.39 is 5.97 Å². The van der Waals surface area contributed by atoms with Gasteiger partial charge in [-0.2, -0.15) is 0 Å². The molecule has 0 aliphatic heterocycles. The Labute approximate surface area is 132 Å². The molecule has 0 aliphatic carbocycles. The SMILES string of the molecule is COc1ccc(-c2[nH]c(=O)sc2CN(C)CC(=O)O)cc1C. The average Bonchev–Trinajstić information content (AvgIpc) is 2.78. The van der Waals surface area contributed by atoms with Crippen LogP contribution in [0.1, 0.15) is 10.4 Å². The van der Waals surface area contributed by atoms with E-state index in [1.54, 1.807) is 19.1 Å². The minimum Gasteiger partial charge on any atom is -0.496 e. The first-order chi connectivity index (χ1) is 10.4. The van der Waals surface area contributed by atoms with Gasteiger partial charge in [0.1, 0.15) is 5.75 Å². The van der Waals surface area contributed by atoms with Gasteiger partial charge in [-0.25, -0.2) is 0 Å². The molecule has 22 heavy (non-hydrogen) atoms. The molecule has 0 aliphatic rings. The molecule has 0 amide bonds. The third kappa shape index (κ3) is 3.75. The van der Waals surface area contributed by atoms with Crippen molar-refractivity contribution >= 4 is 17.3 Å². The van der Waals surface area contributed by atoms with Crippen LogP contribution >= 0.6 is 11.3 Å². The van der Waals surface area contributed by atoms with Crippen molar-refractivity contribution in [2.24, 2.45) is 0 Å². The molecule has 6 nitrogen and oxygen atoms in total. The Balaban J connectivity index is 2.33. The number of ether oxygens (including phenoxy) is 1. The Kier molecular flexibility index (Phi) is 4.99. The number of nitrogens with one attached hydrogen (secondary N) is 1. The van der Waals surface area contributed by atoms with E-state index in [2.05, 4.69) is 4.98 Å². The number of H-pyrrole nitrogens is 1. The number of aromatic amines is 1. The number of rotatable bonds is 6. The topological polar surface area (TPSA) is 82.6 Å². The maximum atomic E-state index is 11.7. The number of benzene rings is 1. The van der Waals surface area contributed by atoms with Crippen molar-refractivity contribution in [1.29, 1.82) is 0 Å². The smallest absolute Gasteiger partial charge is 0.317 e. The molecule has 1 aromatic carbocycles. The Morgan fingerprint density at radius 2 is 2.18 bits per heavy atom. The number of thiazole rings is 1. The molecule has 1 heterocycles. The second-order valence-corrected chi connectivity index (χ2v) is 6.13. The minimum absolute atomic E-state index is 0.0762. The summed E-state index contributed by atoms with van der Waals surface area (Å²) in [7, 11) is 3.32. The van der Waals surface area contributed by atoms with Crippen molar-refractivity contribution in [3.8, 4) is 17.0 Å². The van der Waals surface area contributed by atoms with Crippen LogP contribution in [0.2, 0.25) is 0 Å². The second kappa shape index (κ2) is 6.76. The maximum Gasteiger partial charge on any atom is 0.317 e. The summed E-state index contributed by atoms with van der Waals surface area (Å²) in [6.07, 6.45) is 0. The standard InChI is InChI=1S/C15H18N2O4S/c1-9-6-10(4-5-11(9)21-3)14-12(22-15(20)16-14)7-17(2)8-13(18)19/h4-6H,7-8H2,1-3H3,(H,16,20)(H,18,19). The van der Waals surface area contributed by atoms with Crippen LogP contribution in [0.25, 0.3) is 11.3 Å². The summed E-state index contributed by atoms with van der Waals surface area (Å²) in [5.41, 5.74) is 2.59. The predicted octanol–water partition coefficient (Wildman–Crippen LogP) is 1.94. The molecular formula is C15H18N2O4S. The van der Waals surface area contributed by atoms with Crippen LogP contribution in [0.15, 0.2) is 23.0 Å². The van der Waals surface area contributed by atoms with Crippen LogP contribution < -0.4 is 9.61 Å². The quantitative estimate of drug-likeness (QED) is 0.849. The number of likely N-dealkylation sites (N-methyl/N-ethyl adjacent to an activating group) is 1. The summed E-state index contributed by atoms with van der Waals surface area (Å²) >= 11 is 1.10. The van der Waals surface area contributed by atoms with Crippen LogP contribution in [-0.2, 0) is 11.3 Å². The van der Waals surface area contributed by atoms with Gasteiger partial charge in [0.05, 0.1) is 19.3 Å². The Bertz CT molecular complexity index is 735. The first kappa shape index (κ1) is 16.3. The molecule has 0 atom stereocenters. The van der Waals surface area contributed by atoms with Gasteiger partial charge in [-0.15, -0.1) is 0 Å². The van der Waals surface area contributed by atoms with Crippen molar-refractivity contribution in [2.75, 3.05) is 20.7 Å². The predicted molar refractivity (Wildman–Crippen MR) is 85.6 cm³/mol. The van der Waals surface area contributed by atoms with Gasteiger partial charge < -0.3 is 14.8 Å². The third-order valence-corrected chi connectivity index (χ3v) is 4.09. The Hall–Kier alpha value is -2.12. The van der Waals surface area contributed by atoms with Crippen molar-refractivity contribution in [2.45, 2.75) is 13.5 Å². The number of hydrogen-bond acceptors (Lipinski definition) is 5. The van der Waals surface area contributed by atoms with Gasteiger partial charge in [-0.1, -0.05) is 11.3 Å². The zero-order chi connectivity index (χ0) is 16.3. The first-order valence-electron chi connectivity index (χ1n) is 6.68. The molecule has 2 N–H and O–H groups in total. The molecule has 2 rings (SSSR count). The molecule has 0 spiro atoms. The molecule has 0 saturated carbocycles. The van der Waals surface area contributed by atoms with Gasteiger partial charge in [0.15, 0.2) is 0 Å². The molecule has 0 radical (unpaired) electrons. The molecule has 0 saturated heterocycles. The fourth-order valence-corrected chi connectivity index (χ4v) is 3.20. The van der Waals surface area contributed by atoms with Crippen LogP contribution in [0, 0.1) is 6.92 Å². The maximum absolute atomic E-state index is 11.7. The van der Waals surface area contributed by atoms with Crippen LogP contribution in [0.5, 0.6) is 5.75 Å². The second-order valence-electron chi connectivity index (χ2n) is 5.06. The lowest BCUT2D eigenvalue weighted by Crippen LogP contribution is -2.24. The van der Waals surface area contributed by atoms with E-state index >= 15 is 0 Å². The first-order valence-corrected chi connectivity index (χ1v) is 7.49. The van der Waals surface area contributed by atoms with E-state index in [1.165, 1.54) is 0 Å². The normalized spacial score (nSPS) is 10.9. The summed E-state index contributed by atoms with van der Waals surface area (Å²) in [4.78, 5) is 27.6. The molecule has 0 fully saturated rings. The van der Waals surface area contributed by atoms with Crippen molar-refractivity contribution in [3.05, 3.63) is 38.3 Å². The van der Waals surface area contributed by atoms with E-state index in [0.29, 0.717) is 6.54 Å². The lowest BCUT2D eigenvalue weighted by Gasteiger charge is -2.14. The minimum atomic E-state index is -0.896. The summed E-state index contributed by atoms with van der Waals surface area (Å²) in [5.74, 6) is -0.113. The zero-order valence-corrected chi connectivity index (χ0v) is 13.5. The van der Waals surface area contributed by atoms with Crippen LogP contribution in [0.4, 0.5) is 0 Å². The number of carboxylic acids is 1. The lowest BCUT2D eigenvalue weighted by atomic mass is 10.1. The molecule has 2 aromatic rings. The fraction of sp³-hybridized carbons (Fsp3) is 0.333. The van der Waals surface area contributed by atoms with Crippen LogP contribution in [-0.4, -0.2) is 41.7 Å². The van der Waals surface area contributed by atoms with E-state index in [0.717, 1.165) is 38.8 Å². The van der Waals surface area contributed by atoms with E-state index in [-0.39, 0.29) is 11.4 Å². The van der Waals surface area contributed by atoms with Crippen LogP contribution in [0.3, 0.4) is 0 Å². The summed E-state index contributed by atoms with van der Waals surface area (Å²) in [5, 5.41) is 8.83. The lowest BCUT2D eigenvalue weighted by molar-refractivity contribution is -0.138. The van der Waals surface area contributed by atoms with Crippen molar-refractivity contribution in [3.63, 3.8) is 0 Å². The highest BCUT2D eigenvalue weighted by molar-refractivity contribution is 7.09. The van der Waals surface area contributed by atoms with Gasteiger partial charge in [0, 0.05) is 11.4 Å². The zero-order valence-electron chi connectivity index (χ0n) is 12.7. The monoisotopic (exact) mass is 322 g/mol. The molecule has 118 valence electrons. The highest BCUT2D eigenvalue weighted by Gasteiger charge is 2.14. The number of methoxy groups -OCH3 is 1. The van der Waals surface area contributed by atoms with Gasteiger partial charge in [0.2, 0.25) is 0 Å². The Morgan fingerprint density at radius 1 is 1.45 bits per heavy atom. The molecule has 0 unspecified atom stereocenters. The number of hydrogen-bond donors (Lipinski definition) is 2. The van der Waals surface area contributed by atoms with Gasteiger partial charge in [-0.3, -0.25) is 14.5 Å².